The number of benzene rings is 6. The van der Waals surface area contributed by atoms with Gasteiger partial charge >= 0.3 is 0 Å². The molecule has 2 heterocycles. The summed E-state index contributed by atoms with van der Waals surface area (Å²) in [6.45, 7) is 3.01. The molecule has 0 saturated carbocycles. The lowest BCUT2D eigenvalue weighted by Gasteiger charge is -2.18. The number of hydrogen-bond donors (Lipinski definition) is 1. The second-order valence-corrected chi connectivity index (χ2v) is 11.3. The molecule has 204 valence electrons. The van der Waals surface area contributed by atoms with E-state index in [0.29, 0.717) is 0 Å². The largest absolute Gasteiger partial charge is 0.387 e. The number of aromatic nitrogens is 1. The molecular formula is C41H30N2. The van der Waals surface area contributed by atoms with E-state index in [-0.39, 0.29) is 0 Å². The molecule has 0 unspecified atom stereocenters. The zero-order valence-electron chi connectivity index (χ0n) is 24.0. The van der Waals surface area contributed by atoms with E-state index in [4.69, 9.17) is 4.98 Å². The normalized spacial score (nSPS) is 12.9. The van der Waals surface area contributed by atoms with E-state index in [0.717, 1.165) is 23.4 Å². The Balaban J connectivity index is 1.28. The molecule has 0 atom stereocenters. The maximum atomic E-state index is 4.77. The smallest absolute Gasteiger partial charge is 0.0716 e. The second kappa shape index (κ2) is 10.4. The van der Waals surface area contributed by atoms with Gasteiger partial charge < -0.3 is 5.32 Å². The first-order chi connectivity index (χ1) is 21.2. The highest BCUT2D eigenvalue weighted by Gasteiger charge is 2.16. The summed E-state index contributed by atoms with van der Waals surface area (Å²) in [6, 6.07) is 44.5. The average Bonchev–Trinajstić information content (AvgIpc) is 3.07. The third-order valence-electron chi connectivity index (χ3n) is 8.58. The summed E-state index contributed by atoms with van der Waals surface area (Å²) in [5.74, 6) is 0. The first-order valence-electron chi connectivity index (χ1n) is 14.8. The minimum atomic E-state index is 0.864. The lowest BCUT2D eigenvalue weighted by atomic mass is 9.85. The maximum absolute atomic E-state index is 4.77. The number of aryl methyl sites for hydroxylation is 1. The third kappa shape index (κ3) is 4.49. The van der Waals surface area contributed by atoms with Crippen molar-refractivity contribution in [3.63, 3.8) is 0 Å². The number of dihydropyridines is 1. The van der Waals surface area contributed by atoms with Crippen molar-refractivity contribution in [1.82, 2.24) is 10.3 Å². The van der Waals surface area contributed by atoms with E-state index in [2.05, 4.69) is 146 Å². The summed E-state index contributed by atoms with van der Waals surface area (Å²) in [6.07, 6.45) is 8.25. The monoisotopic (exact) mass is 550 g/mol. The third-order valence-corrected chi connectivity index (χ3v) is 8.58. The van der Waals surface area contributed by atoms with Crippen LogP contribution in [0.4, 0.5) is 0 Å². The minimum absolute atomic E-state index is 0.864. The van der Waals surface area contributed by atoms with Crippen molar-refractivity contribution < 1.29 is 0 Å². The average molecular weight is 551 g/mol. The van der Waals surface area contributed by atoms with E-state index in [1.54, 1.807) is 0 Å². The Labute approximate surface area is 251 Å². The number of nitrogens with zero attached hydrogens (tertiary/aromatic N) is 1. The summed E-state index contributed by atoms with van der Waals surface area (Å²) >= 11 is 0. The zero-order chi connectivity index (χ0) is 28.8. The fourth-order valence-electron chi connectivity index (χ4n) is 6.42. The summed E-state index contributed by atoms with van der Waals surface area (Å²) in [7, 11) is 0. The van der Waals surface area contributed by atoms with Crippen molar-refractivity contribution in [3.05, 3.63) is 157 Å². The van der Waals surface area contributed by atoms with Gasteiger partial charge in [0.1, 0.15) is 0 Å². The highest BCUT2D eigenvalue weighted by Crippen LogP contribution is 2.44. The SMILES string of the molecule is Cc1ccc(-c2c3ccccc3c(-c3ccc4ccc(-c5ccc(C6=CNCC=C6)nc5)cc4c3)c3ccccc23)cc1. The highest BCUT2D eigenvalue weighted by atomic mass is 14.8. The molecule has 1 aliphatic heterocycles. The van der Waals surface area contributed by atoms with Crippen LogP contribution in [0.1, 0.15) is 11.3 Å². The van der Waals surface area contributed by atoms with E-state index in [1.807, 2.05) is 12.4 Å². The van der Waals surface area contributed by atoms with Crippen molar-refractivity contribution in [3.8, 4) is 33.4 Å². The number of nitrogens with one attached hydrogen (secondary N) is 1. The molecule has 1 aromatic heterocycles. The number of fused-ring (bicyclic) bond motifs is 3. The Morgan fingerprint density at radius 3 is 1.74 bits per heavy atom. The number of allylic oxidation sites excluding steroid dienone is 2. The quantitative estimate of drug-likeness (QED) is 0.221. The number of pyridine rings is 1. The lowest BCUT2D eigenvalue weighted by molar-refractivity contribution is 0.974. The topological polar surface area (TPSA) is 24.9 Å². The molecular weight excluding hydrogens is 520 g/mol. The Morgan fingerprint density at radius 1 is 0.558 bits per heavy atom. The van der Waals surface area contributed by atoms with Gasteiger partial charge in [-0.05, 0) is 85.3 Å². The van der Waals surface area contributed by atoms with E-state index < -0.39 is 0 Å². The summed E-state index contributed by atoms with van der Waals surface area (Å²) < 4.78 is 0. The molecule has 1 N–H and O–H groups in total. The standard InChI is InChI=1S/C41H30N2/c1-27-12-14-29(15-13-27)40-35-8-2-4-10-37(35)41(38-11-5-3-9-36(38)40)31-19-17-28-16-18-30(23-34(28)24-31)32-20-21-39(43-26-32)33-7-6-22-42-25-33/h2-21,23-26,42H,22H2,1H3. The van der Waals surface area contributed by atoms with Crippen LogP contribution in [-0.4, -0.2) is 11.5 Å². The fraction of sp³-hybridized carbons (Fsp3) is 0.0488. The van der Waals surface area contributed by atoms with Gasteiger partial charge in [0, 0.05) is 30.1 Å². The first kappa shape index (κ1) is 25.3. The molecule has 6 aromatic carbocycles. The van der Waals surface area contributed by atoms with Crippen LogP contribution in [0.15, 0.2) is 146 Å². The highest BCUT2D eigenvalue weighted by molar-refractivity contribution is 6.21. The van der Waals surface area contributed by atoms with Crippen molar-refractivity contribution in [2.75, 3.05) is 6.54 Å². The van der Waals surface area contributed by atoms with Crippen LogP contribution in [0, 0.1) is 6.92 Å². The molecule has 1 aliphatic rings. The molecule has 2 nitrogen and oxygen atoms in total. The molecule has 0 saturated heterocycles. The molecule has 0 spiro atoms. The summed E-state index contributed by atoms with van der Waals surface area (Å²) in [5.41, 5.74) is 10.7. The molecule has 8 rings (SSSR count). The summed E-state index contributed by atoms with van der Waals surface area (Å²) in [4.78, 5) is 4.77. The van der Waals surface area contributed by atoms with E-state index >= 15 is 0 Å². The van der Waals surface area contributed by atoms with Gasteiger partial charge in [-0.2, -0.15) is 0 Å². The van der Waals surface area contributed by atoms with Gasteiger partial charge in [-0.1, -0.05) is 121 Å². The van der Waals surface area contributed by atoms with Gasteiger partial charge in [0.25, 0.3) is 0 Å². The van der Waals surface area contributed by atoms with Gasteiger partial charge in [0.05, 0.1) is 5.69 Å². The molecule has 43 heavy (non-hydrogen) atoms. The van der Waals surface area contributed by atoms with Crippen molar-refractivity contribution in [2.24, 2.45) is 0 Å². The van der Waals surface area contributed by atoms with Crippen LogP contribution in [0.25, 0.3) is 71.3 Å². The Bertz CT molecular complexity index is 2160. The van der Waals surface area contributed by atoms with Crippen LogP contribution in [0.3, 0.4) is 0 Å². The number of hydrogen-bond acceptors (Lipinski definition) is 2. The zero-order valence-corrected chi connectivity index (χ0v) is 24.0. The molecule has 0 aliphatic carbocycles. The van der Waals surface area contributed by atoms with Gasteiger partial charge in [0.15, 0.2) is 0 Å². The van der Waals surface area contributed by atoms with Crippen LogP contribution in [-0.2, 0) is 0 Å². The Morgan fingerprint density at radius 2 is 1.14 bits per heavy atom. The first-order valence-corrected chi connectivity index (χ1v) is 14.8. The minimum Gasteiger partial charge on any atom is -0.387 e. The van der Waals surface area contributed by atoms with Crippen molar-refractivity contribution >= 4 is 37.9 Å². The molecule has 2 heteroatoms. The van der Waals surface area contributed by atoms with Crippen LogP contribution in [0.5, 0.6) is 0 Å². The van der Waals surface area contributed by atoms with Gasteiger partial charge in [0.2, 0.25) is 0 Å². The number of rotatable bonds is 4. The molecule has 0 fully saturated rings. The van der Waals surface area contributed by atoms with Gasteiger partial charge in [-0.3, -0.25) is 4.98 Å². The molecule has 0 bridgehead atoms. The molecule has 7 aromatic rings. The fourth-order valence-corrected chi connectivity index (χ4v) is 6.42. The molecule has 0 radical (unpaired) electrons. The maximum Gasteiger partial charge on any atom is 0.0716 e. The Kier molecular flexibility index (Phi) is 6.12. The van der Waals surface area contributed by atoms with E-state index in [1.165, 1.54) is 65.7 Å². The van der Waals surface area contributed by atoms with E-state index in [9.17, 15) is 0 Å². The second-order valence-electron chi connectivity index (χ2n) is 11.3. The predicted octanol–water partition coefficient (Wildman–Crippen LogP) is 10.4. The van der Waals surface area contributed by atoms with Crippen molar-refractivity contribution in [1.29, 1.82) is 0 Å². The van der Waals surface area contributed by atoms with Gasteiger partial charge in [-0.25, -0.2) is 0 Å². The molecule has 0 amide bonds. The van der Waals surface area contributed by atoms with Crippen LogP contribution >= 0.6 is 0 Å². The lowest BCUT2D eigenvalue weighted by Crippen LogP contribution is -2.09. The Hall–Kier alpha value is -5.47. The van der Waals surface area contributed by atoms with Crippen LogP contribution < -0.4 is 5.32 Å². The van der Waals surface area contributed by atoms with Crippen molar-refractivity contribution in [2.45, 2.75) is 6.92 Å². The van der Waals surface area contributed by atoms with Gasteiger partial charge in [-0.15, -0.1) is 0 Å². The van der Waals surface area contributed by atoms with Crippen LogP contribution in [0.2, 0.25) is 0 Å². The summed E-state index contributed by atoms with van der Waals surface area (Å²) in [5, 5.41) is 10.8. The predicted molar refractivity (Wildman–Crippen MR) is 183 cm³/mol.